The Morgan fingerprint density at radius 1 is 1.09 bits per heavy atom. The van der Waals surface area contributed by atoms with Crippen molar-refractivity contribution in [1.82, 2.24) is 35.1 Å². The summed E-state index contributed by atoms with van der Waals surface area (Å²) in [7, 11) is 0. The van der Waals surface area contributed by atoms with E-state index in [1.165, 1.54) is 12.1 Å². The number of nitrogens with one attached hydrogen (secondary N) is 3. The summed E-state index contributed by atoms with van der Waals surface area (Å²) in [5, 5.41) is 9.49. The first-order chi connectivity index (χ1) is 22.2. The number of hydrogen-bond acceptors (Lipinski definition) is 5. The molecule has 3 N–H and O–H groups in total. The lowest BCUT2D eigenvalue weighted by molar-refractivity contribution is -0.128. The second kappa shape index (κ2) is 11.1. The van der Waals surface area contributed by atoms with E-state index < -0.39 is 41.6 Å². The minimum absolute atomic E-state index is 0.155. The van der Waals surface area contributed by atoms with Crippen molar-refractivity contribution in [2.45, 2.75) is 94.8 Å². The largest absolute Gasteiger partial charge is 0.345 e. The molecule has 9 nitrogen and oxygen atoms in total. The second-order valence-electron chi connectivity index (χ2n) is 13.6. The molecule has 12 heteroatoms. The summed E-state index contributed by atoms with van der Waals surface area (Å²) >= 11 is 0. The molecule has 2 aliphatic carbocycles. The first kappa shape index (κ1) is 29.5. The van der Waals surface area contributed by atoms with Crippen LogP contribution in [-0.2, 0) is 11.3 Å². The van der Waals surface area contributed by atoms with Crippen molar-refractivity contribution < 1.29 is 22.8 Å². The highest BCUT2D eigenvalue weighted by Gasteiger charge is 2.60. The van der Waals surface area contributed by atoms with Crippen molar-refractivity contribution in [2.75, 3.05) is 13.1 Å². The third kappa shape index (κ3) is 5.05. The van der Waals surface area contributed by atoms with Gasteiger partial charge < -0.3 is 25.1 Å². The Labute approximate surface area is 264 Å². The molecule has 2 amide bonds. The summed E-state index contributed by atoms with van der Waals surface area (Å²) in [4.78, 5) is 35.9. The molecule has 4 aliphatic rings. The first-order valence-corrected chi connectivity index (χ1v) is 16.6. The van der Waals surface area contributed by atoms with Gasteiger partial charge >= 0.3 is 0 Å². The van der Waals surface area contributed by atoms with Crippen LogP contribution in [0.25, 0.3) is 33.6 Å². The molecule has 2 aliphatic heterocycles. The van der Waals surface area contributed by atoms with E-state index >= 15 is 8.78 Å². The van der Waals surface area contributed by atoms with Crippen LogP contribution in [-0.4, -0.2) is 61.9 Å². The summed E-state index contributed by atoms with van der Waals surface area (Å²) < 4.78 is 49.4. The molecule has 5 atom stereocenters. The monoisotopic (exact) mass is 633 g/mol. The van der Waals surface area contributed by atoms with E-state index in [1.807, 2.05) is 25.1 Å². The number of benzene rings is 1. The van der Waals surface area contributed by atoms with Crippen LogP contribution >= 0.6 is 0 Å². The van der Waals surface area contributed by atoms with Crippen LogP contribution < -0.4 is 16.0 Å². The zero-order chi connectivity index (χ0) is 31.7. The fourth-order valence-corrected chi connectivity index (χ4v) is 7.32. The van der Waals surface area contributed by atoms with Gasteiger partial charge in [-0.3, -0.25) is 9.59 Å². The van der Waals surface area contributed by atoms with Gasteiger partial charge in [-0.2, -0.15) is 0 Å². The molecule has 2 saturated carbocycles. The molecule has 0 radical (unpaired) electrons. The fourth-order valence-electron chi connectivity index (χ4n) is 7.32. The highest BCUT2D eigenvalue weighted by atomic mass is 19.1. The van der Waals surface area contributed by atoms with E-state index in [2.05, 4.69) is 25.1 Å². The molecule has 1 aromatic carbocycles. The van der Waals surface area contributed by atoms with E-state index in [9.17, 15) is 14.0 Å². The summed E-state index contributed by atoms with van der Waals surface area (Å²) in [6.07, 6.45) is 4.47. The van der Waals surface area contributed by atoms with Gasteiger partial charge in [-0.25, -0.2) is 23.1 Å². The van der Waals surface area contributed by atoms with Gasteiger partial charge in [0.1, 0.15) is 17.6 Å². The maximum Gasteiger partial charge on any atom is 0.258 e. The quantitative estimate of drug-likeness (QED) is 0.278. The summed E-state index contributed by atoms with van der Waals surface area (Å²) in [6, 6.07) is 7.67. The van der Waals surface area contributed by atoms with Gasteiger partial charge in [0.05, 0.1) is 40.1 Å². The number of aromatic nitrogens is 4. The lowest BCUT2D eigenvalue weighted by Crippen LogP contribution is -2.52. The van der Waals surface area contributed by atoms with E-state index in [0.717, 1.165) is 48.8 Å². The molecule has 8 rings (SSSR count). The van der Waals surface area contributed by atoms with Gasteiger partial charge in [0, 0.05) is 36.5 Å². The molecular weight excluding hydrogens is 595 g/mol. The number of piperidine rings is 1. The van der Waals surface area contributed by atoms with E-state index in [1.54, 1.807) is 0 Å². The van der Waals surface area contributed by atoms with E-state index in [4.69, 9.17) is 9.97 Å². The smallest absolute Gasteiger partial charge is 0.258 e. The fraction of sp³-hybridized carbons (Fsp3) is 0.529. The minimum atomic E-state index is -1.78. The predicted molar refractivity (Wildman–Crippen MR) is 167 cm³/mol. The Balaban J connectivity index is 1.19. The second-order valence-corrected chi connectivity index (χ2v) is 13.6. The number of pyridine rings is 1. The van der Waals surface area contributed by atoms with Crippen molar-refractivity contribution >= 4 is 33.9 Å². The third-order valence-electron chi connectivity index (χ3n) is 10.3. The number of alkyl halides is 2. The Bertz CT molecular complexity index is 1870. The summed E-state index contributed by atoms with van der Waals surface area (Å²) in [6.45, 7) is 3.32. The third-order valence-corrected chi connectivity index (χ3v) is 10.3. The Kier molecular flexibility index (Phi) is 7.11. The van der Waals surface area contributed by atoms with Gasteiger partial charge in [0.25, 0.3) is 11.8 Å². The average Bonchev–Trinajstić information content (AvgIpc) is 3.92. The number of hydrogen-bond donors (Lipinski definition) is 3. The minimum Gasteiger partial charge on any atom is -0.345 e. The summed E-state index contributed by atoms with van der Waals surface area (Å²) in [5.74, 6) is -1.45. The lowest BCUT2D eigenvalue weighted by atomic mass is 10.0. The van der Waals surface area contributed by atoms with Crippen LogP contribution in [0, 0.1) is 11.7 Å². The predicted octanol–water partition coefficient (Wildman–Crippen LogP) is 5.44. The zero-order valence-corrected chi connectivity index (χ0v) is 25.8. The standard InChI is InChI=1S/C34H38F3N7O2/c1-18-25-9-6-19-13-29(43(30(19)40-25)12-4-2-3-5-20-16-34(20,37)33(46)39-18)31-41-26-14-22(24(36)15-28(26)44(31)21-7-8-21)32(45)42-27-17-38-11-10-23(27)35/h6,9,13-15,18,20-21,23,27,38H,2-5,7-8,10-12,16-17H2,1H3,(H,39,46)(H,42,45)/t18-,20-,23+,27+,34+/m1/s1. The zero-order valence-electron chi connectivity index (χ0n) is 25.8. The topological polar surface area (TPSA) is 106 Å². The normalized spacial score (nSPS) is 28.6. The molecule has 0 unspecified atom stereocenters. The highest BCUT2D eigenvalue weighted by molar-refractivity contribution is 5.98. The highest BCUT2D eigenvalue weighted by Crippen LogP contribution is 2.51. The molecule has 3 fully saturated rings. The van der Waals surface area contributed by atoms with Crippen LogP contribution in [0.5, 0.6) is 0 Å². The van der Waals surface area contributed by atoms with Crippen molar-refractivity contribution in [2.24, 2.45) is 5.92 Å². The van der Waals surface area contributed by atoms with Crippen molar-refractivity contribution in [3.05, 3.63) is 47.4 Å². The van der Waals surface area contributed by atoms with Gasteiger partial charge in [0.15, 0.2) is 11.5 Å². The number of fused-ring (bicyclic) bond motifs is 3. The van der Waals surface area contributed by atoms with Gasteiger partial charge in [-0.1, -0.05) is 12.8 Å². The molecule has 242 valence electrons. The molecule has 1 saturated heterocycles. The number of aryl methyl sites for hydroxylation is 1. The molecule has 46 heavy (non-hydrogen) atoms. The number of imidazole rings is 1. The van der Waals surface area contributed by atoms with Crippen LogP contribution in [0.3, 0.4) is 0 Å². The summed E-state index contributed by atoms with van der Waals surface area (Å²) in [5.41, 5.74) is 1.40. The van der Waals surface area contributed by atoms with E-state index in [0.29, 0.717) is 55.0 Å². The Morgan fingerprint density at radius 3 is 2.74 bits per heavy atom. The van der Waals surface area contributed by atoms with E-state index in [-0.39, 0.29) is 23.9 Å². The number of amides is 2. The van der Waals surface area contributed by atoms with Crippen molar-refractivity contribution in [1.29, 1.82) is 0 Å². The first-order valence-electron chi connectivity index (χ1n) is 16.6. The molecule has 0 spiro atoms. The molecule has 4 aromatic rings. The molecule has 2 bridgehead atoms. The molecule has 5 heterocycles. The van der Waals surface area contributed by atoms with Gasteiger partial charge in [0.2, 0.25) is 0 Å². The van der Waals surface area contributed by atoms with Crippen LogP contribution in [0.15, 0.2) is 30.3 Å². The Morgan fingerprint density at radius 2 is 1.93 bits per heavy atom. The van der Waals surface area contributed by atoms with Crippen molar-refractivity contribution in [3.63, 3.8) is 0 Å². The van der Waals surface area contributed by atoms with Crippen LogP contribution in [0.1, 0.15) is 86.4 Å². The molecule has 3 aromatic heterocycles. The number of nitrogens with zero attached hydrogens (tertiary/aromatic N) is 4. The Hall–Kier alpha value is -3.93. The number of carbonyl (C=O) groups is 2. The van der Waals surface area contributed by atoms with Crippen LogP contribution in [0.2, 0.25) is 0 Å². The maximum absolute atomic E-state index is 15.6. The maximum atomic E-state index is 15.6. The average molecular weight is 634 g/mol. The number of halogens is 3. The number of carbonyl (C=O) groups excluding carboxylic acids is 2. The van der Waals surface area contributed by atoms with Gasteiger partial charge in [-0.15, -0.1) is 0 Å². The number of rotatable bonds is 4. The van der Waals surface area contributed by atoms with Crippen molar-refractivity contribution in [3.8, 4) is 11.5 Å². The lowest BCUT2D eigenvalue weighted by Gasteiger charge is -2.27. The molecular formula is C34H38F3N7O2. The SMILES string of the molecule is C[C@H]1NC(=O)[C@]2(F)C[C@H]2CCCCCn2c(-c3nc4cc(C(=O)N[C@H]5CNCC[C@@H]5F)c(F)cc4n3C3CC3)cc3ccc1nc32. The van der Waals surface area contributed by atoms with Gasteiger partial charge in [-0.05, 0) is 76.3 Å². The van der Waals surface area contributed by atoms with Crippen LogP contribution in [0.4, 0.5) is 13.2 Å².